The molecule has 9 nitrogen and oxygen atoms in total. The number of aromatic amines is 1. The van der Waals surface area contributed by atoms with Crippen molar-refractivity contribution in [2.45, 2.75) is 38.5 Å². The number of aromatic hydroxyl groups is 1. The van der Waals surface area contributed by atoms with E-state index in [1.807, 2.05) is 37.3 Å². The summed E-state index contributed by atoms with van der Waals surface area (Å²) in [4.78, 5) is 44.5. The maximum absolute atomic E-state index is 12.7. The van der Waals surface area contributed by atoms with Crippen LogP contribution in [0.25, 0.3) is 0 Å². The molecule has 0 bridgehead atoms. The van der Waals surface area contributed by atoms with E-state index in [4.69, 9.17) is 4.74 Å². The summed E-state index contributed by atoms with van der Waals surface area (Å²) in [5, 5.41) is 9.79. The monoisotopic (exact) mass is 387 g/mol. The molecule has 2 N–H and O–H groups in total. The van der Waals surface area contributed by atoms with Gasteiger partial charge in [-0.2, -0.15) is 0 Å². The highest BCUT2D eigenvalue weighted by atomic mass is 16.6. The number of carbonyl (C=O) groups is 2. The summed E-state index contributed by atoms with van der Waals surface area (Å²) in [6, 6.07) is 8.53. The Morgan fingerprint density at radius 2 is 2.00 bits per heavy atom. The topological polar surface area (TPSA) is 122 Å². The number of ether oxygens (including phenoxy) is 2. The third-order valence-corrected chi connectivity index (χ3v) is 4.69. The van der Waals surface area contributed by atoms with Crippen LogP contribution in [0.15, 0.2) is 35.1 Å². The summed E-state index contributed by atoms with van der Waals surface area (Å²) in [5.74, 6) is -1.65. The third kappa shape index (κ3) is 3.83. The number of nitrogens with one attached hydrogen (secondary N) is 1. The molecule has 28 heavy (non-hydrogen) atoms. The van der Waals surface area contributed by atoms with Crippen molar-refractivity contribution >= 4 is 12.1 Å². The minimum Gasteiger partial charge on any atom is -0.501 e. The van der Waals surface area contributed by atoms with Gasteiger partial charge in [0.1, 0.15) is 12.4 Å². The second-order valence-corrected chi connectivity index (χ2v) is 6.53. The molecule has 3 rings (SSSR count). The Kier molecular flexibility index (Phi) is 5.62. The number of carbonyl (C=O) groups excluding carboxylic acids is 2. The predicted octanol–water partition coefficient (Wildman–Crippen LogP) is 2.12. The summed E-state index contributed by atoms with van der Waals surface area (Å²) >= 11 is 0. The van der Waals surface area contributed by atoms with E-state index >= 15 is 0 Å². The van der Waals surface area contributed by atoms with Crippen LogP contribution in [0.5, 0.6) is 5.75 Å². The van der Waals surface area contributed by atoms with Crippen molar-refractivity contribution in [1.82, 2.24) is 14.9 Å². The smallest absolute Gasteiger partial charge is 0.410 e. The van der Waals surface area contributed by atoms with E-state index in [1.165, 1.54) is 4.90 Å². The van der Waals surface area contributed by atoms with Gasteiger partial charge in [-0.25, -0.2) is 14.6 Å². The van der Waals surface area contributed by atoms with E-state index in [1.54, 1.807) is 0 Å². The summed E-state index contributed by atoms with van der Waals surface area (Å²) < 4.78 is 9.97. The normalized spacial score (nSPS) is 18.7. The SMILES string of the molecule is COC(=O)c1nc([C@@H]2CCC(C)N2C(=O)OCc2ccccc2)[nH]c(=O)c1O. The molecular weight excluding hydrogens is 366 g/mol. The van der Waals surface area contributed by atoms with E-state index in [9.17, 15) is 19.5 Å². The minimum atomic E-state index is -0.936. The molecule has 1 aromatic heterocycles. The first-order chi connectivity index (χ1) is 13.4. The molecule has 2 aromatic rings. The molecule has 1 aliphatic rings. The zero-order valence-corrected chi connectivity index (χ0v) is 15.5. The van der Waals surface area contributed by atoms with Crippen molar-refractivity contribution in [2.75, 3.05) is 7.11 Å². The Morgan fingerprint density at radius 1 is 1.29 bits per heavy atom. The molecule has 0 aliphatic carbocycles. The van der Waals surface area contributed by atoms with Crippen molar-refractivity contribution in [3.05, 3.63) is 57.8 Å². The van der Waals surface area contributed by atoms with E-state index in [0.29, 0.717) is 12.8 Å². The number of nitrogens with zero attached hydrogens (tertiary/aromatic N) is 2. The van der Waals surface area contributed by atoms with Gasteiger partial charge in [-0.1, -0.05) is 30.3 Å². The van der Waals surface area contributed by atoms with Crippen molar-refractivity contribution in [3.63, 3.8) is 0 Å². The fourth-order valence-corrected chi connectivity index (χ4v) is 3.24. The lowest BCUT2D eigenvalue weighted by Gasteiger charge is -2.27. The molecule has 1 fully saturated rings. The van der Waals surface area contributed by atoms with Gasteiger partial charge < -0.3 is 19.6 Å². The first-order valence-corrected chi connectivity index (χ1v) is 8.83. The first-order valence-electron chi connectivity index (χ1n) is 8.83. The number of likely N-dealkylation sites (tertiary alicyclic amines) is 1. The van der Waals surface area contributed by atoms with Gasteiger partial charge in [0.2, 0.25) is 5.75 Å². The number of amides is 1. The molecule has 1 saturated heterocycles. The number of aromatic nitrogens is 2. The fourth-order valence-electron chi connectivity index (χ4n) is 3.24. The Hall–Kier alpha value is -3.36. The Morgan fingerprint density at radius 3 is 2.68 bits per heavy atom. The Labute approximate surface area is 160 Å². The van der Waals surface area contributed by atoms with Gasteiger partial charge in [-0.15, -0.1) is 0 Å². The molecule has 0 spiro atoms. The van der Waals surface area contributed by atoms with Crippen molar-refractivity contribution in [3.8, 4) is 5.75 Å². The molecule has 1 aliphatic heterocycles. The van der Waals surface area contributed by atoms with Crippen LogP contribution >= 0.6 is 0 Å². The van der Waals surface area contributed by atoms with Crippen LogP contribution in [0, 0.1) is 0 Å². The average molecular weight is 387 g/mol. The van der Waals surface area contributed by atoms with Crippen LogP contribution in [-0.4, -0.2) is 45.2 Å². The molecule has 2 atom stereocenters. The highest BCUT2D eigenvalue weighted by Gasteiger charge is 2.38. The maximum atomic E-state index is 12.7. The number of hydrogen-bond donors (Lipinski definition) is 2. The van der Waals surface area contributed by atoms with Crippen molar-refractivity contribution in [1.29, 1.82) is 0 Å². The number of benzene rings is 1. The molecule has 9 heteroatoms. The van der Waals surface area contributed by atoms with Crippen LogP contribution in [0.4, 0.5) is 4.79 Å². The van der Waals surface area contributed by atoms with Crippen LogP contribution in [0.1, 0.15) is 47.7 Å². The Balaban J connectivity index is 1.85. The summed E-state index contributed by atoms with van der Waals surface area (Å²) in [5.41, 5.74) is -0.510. The Bertz CT molecular complexity index is 927. The number of hydrogen-bond acceptors (Lipinski definition) is 7. The predicted molar refractivity (Wildman–Crippen MR) is 97.8 cm³/mol. The molecule has 0 saturated carbocycles. The van der Waals surface area contributed by atoms with Crippen molar-refractivity contribution in [2.24, 2.45) is 0 Å². The molecular formula is C19H21N3O6. The summed E-state index contributed by atoms with van der Waals surface area (Å²) in [7, 11) is 1.12. The van der Waals surface area contributed by atoms with Gasteiger partial charge in [0.15, 0.2) is 5.69 Å². The largest absolute Gasteiger partial charge is 0.501 e. The highest BCUT2D eigenvalue weighted by molar-refractivity contribution is 5.89. The van der Waals surface area contributed by atoms with Crippen molar-refractivity contribution < 1.29 is 24.2 Å². The molecule has 1 amide bonds. The minimum absolute atomic E-state index is 0.101. The second kappa shape index (κ2) is 8.12. The molecule has 0 radical (unpaired) electrons. The molecule has 1 aromatic carbocycles. The molecule has 1 unspecified atom stereocenters. The number of esters is 1. The van der Waals surface area contributed by atoms with E-state index < -0.39 is 35.1 Å². The lowest BCUT2D eigenvalue weighted by atomic mass is 10.2. The number of H-pyrrole nitrogens is 1. The van der Waals surface area contributed by atoms with E-state index in [-0.39, 0.29) is 18.5 Å². The lowest BCUT2D eigenvalue weighted by molar-refractivity contribution is 0.0588. The third-order valence-electron chi connectivity index (χ3n) is 4.69. The van der Waals surface area contributed by atoms with Gasteiger partial charge in [0.05, 0.1) is 13.2 Å². The quantitative estimate of drug-likeness (QED) is 0.771. The number of rotatable bonds is 4. The van der Waals surface area contributed by atoms with Crippen LogP contribution in [0.3, 0.4) is 0 Å². The average Bonchev–Trinajstić information content (AvgIpc) is 3.09. The number of methoxy groups -OCH3 is 1. The van der Waals surface area contributed by atoms with Gasteiger partial charge in [0.25, 0.3) is 5.56 Å². The van der Waals surface area contributed by atoms with Crippen LogP contribution in [0.2, 0.25) is 0 Å². The zero-order valence-electron chi connectivity index (χ0n) is 15.5. The van der Waals surface area contributed by atoms with Crippen LogP contribution in [-0.2, 0) is 16.1 Å². The van der Waals surface area contributed by atoms with Gasteiger partial charge in [0, 0.05) is 6.04 Å². The summed E-state index contributed by atoms with van der Waals surface area (Å²) in [6.07, 6.45) is 0.647. The standard InChI is InChI=1S/C19H21N3O6/c1-11-8-9-13(16-20-14(18(25)27-2)15(23)17(24)21-16)22(11)19(26)28-10-12-6-4-3-5-7-12/h3-7,11,13,23H,8-10H2,1-2H3,(H,20,21,24)/t11?,13-/m0/s1. The first kappa shape index (κ1) is 19.4. The van der Waals surface area contributed by atoms with Gasteiger partial charge >= 0.3 is 12.1 Å². The lowest BCUT2D eigenvalue weighted by Crippen LogP contribution is -2.37. The maximum Gasteiger partial charge on any atom is 0.410 e. The van der Waals surface area contributed by atoms with E-state index in [2.05, 4.69) is 14.7 Å². The molecule has 148 valence electrons. The van der Waals surface area contributed by atoms with Gasteiger partial charge in [-0.05, 0) is 25.3 Å². The molecule has 2 heterocycles. The second-order valence-electron chi connectivity index (χ2n) is 6.53. The van der Waals surface area contributed by atoms with E-state index in [0.717, 1.165) is 12.7 Å². The van der Waals surface area contributed by atoms with Crippen LogP contribution < -0.4 is 5.56 Å². The zero-order chi connectivity index (χ0) is 20.3. The fraction of sp³-hybridized carbons (Fsp3) is 0.368. The summed E-state index contributed by atoms with van der Waals surface area (Å²) in [6.45, 7) is 1.98. The highest BCUT2D eigenvalue weighted by Crippen LogP contribution is 2.35. The van der Waals surface area contributed by atoms with Gasteiger partial charge in [-0.3, -0.25) is 9.69 Å².